The zero-order valence-corrected chi connectivity index (χ0v) is 16.0. The van der Waals surface area contributed by atoms with Crippen LogP contribution in [0.3, 0.4) is 0 Å². The van der Waals surface area contributed by atoms with E-state index in [1.807, 2.05) is 0 Å². The normalized spacial score (nSPS) is 17.3. The van der Waals surface area contributed by atoms with Crippen molar-refractivity contribution in [3.05, 3.63) is 59.2 Å². The number of ether oxygens (including phenoxy) is 2. The van der Waals surface area contributed by atoms with Crippen molar-refractivity contribution in [3.8, 4) is 11.5 Å². The number of carbonyl (C=O) groups excluding carboxylic acids is 1. The molecule has 7 heteroatoms. The summed E-state index contributed by atoms with van der Waals surface area (Å²) < 4.78 is 38.2. The van der Waals surface area contributed by atoms with E-state index in [1.165, 1.54) is 32.0 Å². The molecule has 1 amide bonds. The number of benzene rings is 2. The predicted molar refractivity (Wildman–Crippen MR) is 102 cm³/mol. The Balaban J connectivity index is 1.78. The molecule has 0 radical (unpaired) electrons. The third-order valence-corrected chi connectivity index (χ3v) is 5.88. The molecule has 1 aliphatic heterocycles. The minimum Gasteiger partial charge on any atom is -0.493 e. The Labute approximate surface area is 161 Å². The quantitative estimate of drug-likeness (QED) is 0.776. The van der Waals surface area contributed by atoms with Gasteiger partial charge in [-0.05, 0) is 36.8 Å². The van der Waals surface area contributed by atoms with Crippen LogP contribution >= 0.6 is 11.8 Å². The van der Waals surface area contributed by atoms with E-state index in [1.54, 1.807) is 23.1 Å². The van der Waals surface area contributed by atoms with Crippen LogP contribution in [-0.4, -0.2) is 43.9 Å². The van der Waals surface area contributed by atoms with Gasteiger partial charge in [0.15, 0.2) is 11.5 Å². The van der Waals surface area contributed by atoms with Gasteiger partial charge in [0.05, 0.1) is 19.8 Å². The monoisotopic (exact) mass is 393 g/mol. The maximum Gasteiger partial charge on any atom is 0.257 e. The Bertz CT molecular complexity index is 831. The summed E-state index contributed by atoms with van der Waals surface area (Å²) in [5.74, 6) is 0.501. The Kier molecular flexibility index (Phi) is 6.21. The molecule has 4 nitrogen and oxygen atoms in total. The first-order valence-corrected chi connectivity index (χ1v) is 9.67. The van der Waals surface area contributed by atoms with Crippen molar-refractivity contribution in [2.75, 3.05) is 33.1 Å². The average molecular weight is 393 g/mol. The summed E-state index contributed by atoms with van der Waals surface area (Å²) in [7, 11) is 3.02. The Hall–Kier alpha value is -2.28. The number of hydrogen-bond acceptors (Lipinski definition) is 4. The van der Waals surface area contributed by atoms with Crippen LogP contribution in [0.15, 0.2) is 36.4 Å². The minimum absolute atomic E-state index is 0.160. The van der Waals surface area contributed by atoms with Gasteiger partial charge in [-0.2, -0.15) is 11.8 Å². The fraction of sp³-hybridized carbons (Fsp3) is 0.350. The van der Waals surface area contributed by atoms with Crippen LogP contribution in [0.25, 0.3) is 0 Å². The van der Waals surface area contributed by atoms with Gasteiger partial charge in [0.25, 0.3) is 5.91 Å². The molecule has 1 heterocycles. The molecule has 3 rings (SSSR count). The number of amides is 1. The molecule has 27 heavy (non-hydrogen) atoms. The Morgan fingerprint density at radius 1 is 1.15 bits per heavy atom. The van der Waals surface area contributed by atoms with Crippen molar-refractivity contribution >= 4 is 17.7 Å². The van der Waals surface area contributed by atoms with Gasteiger partial charge in [-0.1, -0.05) is 6.07 Å². The van der Waals surface area contributed by atoms with E-state index in [2.05, 4.69) is 0 Å². The molecule has 1 atom stereocenters. The average Bonchev–Trinajstić information content (AvgIpc) is 2.94. The molecule has 1 fully saturated rings. The molecule has 2 aromatic carbocycles. The molecule has 2 aromatic rings. The zero-order valence-electron chi connectivity index (χ0n) is 15.2. The standard InChI is InChI=1S/C20H21F2NO3S/c1-25-17-5-3-4-14(19(17)26-2)20(24)23-9-8-18(27-11-10-23)15-12-13(21)6-7-16(15)22/h3-7,12,18H,8-11H2,1-2H3. The van der Waals surface area contributed by atoms with Gasteiger partial charge in [0.1, 0.15) is 11.6 Å². The van der Waals surface area contributed by atoms with E-state index < -0.39 is 11.6 Å². The second kappa shape index (κ2) is 8.61. The smallest absolute Gasteiger partial charge is 0.257 e. The third-order valence-electron chi connectivity index (χ3n) is 4.57. The first-order chi connectivity index (χ1) is 13.0. The van der Waals surface area contributed by atoms with Crippen molar-refractivity contribution in [2.24, 2.45) is 0 Å². The molecule has 1 saturated heterocycles. The van der Waals surface area contributed by atoms with E-state index in [-0.39, 0.29) is 11.2 Å². The summed E-state index contributed by atoms with van der Waals surface area (Å²) in [6.45, 7) is 0.976. The third kappa shape index (κ3) is 4.18. The molecule has 0 spiro atoms. The topological polar surface area (TPSA) is 38.8 Å². The molecule has 0 aromatic heterocycles. The summed E-state index contributed by atoms with van der Waals surface area (Å²) in [6, 6.07) is 8.69. The largest absolute Gasteiger partial charge is 0.493 e. The van der Waals surface area contributed by atoms with Crippen molar-refractivity contribution in [1.82, 2.24) is 4.90 Å². The van der Waals surface area contributed by atoms with Crippen LogP contribution in [-0.2, 0) is 0 Å². The predicted octanol–water partition coefficient (Wildman–Crippen LogP) is 4.30. The van der Waals surface area contributed by atoms with Crippen LogP contribution in [0.4, 0.5) is 8.78 Å². The molecule has 1 aliphatic rings. The summed E-state index contributed by atoms with van der Waals surface area (Å²) in [4.78, 5) is 14.7. The molecule has 144 valence electrons. The van der Waals surface area contributed by atoms with Gasteiger partial charge < -0.3 is 14.4 Å². The second-order valence-corrected chi connectivity index (χ2v) is 7.46. The Morgan fingerprint density at radius 3 is 2.70 bits per heavy atom. The van der Waals surface area contributed by atoms with Crippen molar-refractivity contribution in [2.45, 2.75) is 11.7 Å². The number of halogens is 2. The van der Waals surface area contributed by atoms with Crippen molar-refractivity contribution < 1.29 is 23.0 Å². The lowest BCUT2D eigenvalue weighted by molar-refractivity contribution is 0.0762. The number of para-hydroxylation sites is 1. The molecule has 0 bridgehead atoms. The van der Waals surface area contributed by atoms with Crippen LogP contribution in [0.1, 0.15) is 27.6 Å². The molecule has 0 saturated carbocycles. The molecular weight excluding hydrogens is 372 g/mol. The van der Waals surface area contributed by atoms with E-state index in [9.17, 15) is 13.6 Å². The van der Waals surface area contributed by atoms with E-state index in [0.717, 1.165) is 12.1 Å². The van der Waals surface area contributed by atoms with E-state index in [0.29, 0.717) is 47.9 Å². The van der Waals surface area contributed by atoms with Gasteiger partial charge in [-0.3, -0.25) is 4.79 Å². The Morgan fingerprint density at radius 2 is 1.96 bits per heavy atom. The zero-order chi connectivity index (χ0) is 19.4. The summed E-state index contributed by atoms with van der Waals surface area (Å²) in [5.41, 5.74) is 0.783. The highest BCUT2D eigenvalue weighted by molar-refractivity contribution is 7.99. The summed E-state index contributed by atoms with van der Waals surface area (Å²) in [6.07, 6.45) is 0.545. The number of methoxy groups -OCH3 is 2. The van der Waals surface area contributed by atoms with Crippen LogP contribution in [0, 0.1) is 11.6 Å². The van der Waals surface area contributed by atoms with Crippen LogP contribution < -0.4 is 9.47 Å². The second-order valence-electron chi connectivity index (χ2n) is 6.15. The number of carbonyl (C=O) groups is 1. The fourth-order valence-electron chi connectivity index (χ4n) is 3.21. The first-order valence-electron chi connectivity index (χ1n) is 8.62. The highest BCUT2D eigenvalue weighted by Crippen LogP contribution is 2.37. The maximum atomic E-state index is 14.1. The number of nitrogens with zero attached hydrogens (tertiary/aromatic N) is 1. The van der Waals surface area contributed by atoms with E-state index in [4.69, 9.17) is 9.47 Å². The van der Waals surface area contributed by atoms with Gasteiger partial charge in [0, 0.05) is 29.7 Å². The minimum atomic E-state index is -0.453. The number of hydrogen-bond donors (Lipinski definition) is 0. The lowest BCUT2D eigenvalue weighted by Crippen LogP contribution is -2.33. The van der Waals surface area contributed by atoms with Crippen molar-refractivity contribution in [1.29, 1.82) is 0 Å². The fourth-order valence-corrected chi connectivity index (χ4v) is 4.45. The highest BCUT2D eigenvalue weighted by atomic mass is 32.2. The number of rotatable bonds is 4. The van der Waals surface area contributed by atoms with Gasteiger partial charge >= 0.3 is 0 Å². The summed E-state index contributed by atoms with van der Waals surface area (Å²) in [5, 5.41) is -0.189. The molecule has 0 N–H and O–H groups in total. The van der Waals surface area contributed by atoms with Gasteiger partial charge in [-0.25, -0.2) is 8.78 Å². The molecule has 1 unspecified atom stereocenters. The number of thioether (sulfide) groups is 1. The van der Waals surface area contributed by atoms with Crippen LogP contribution in [0.2, 0.25) is 0 Å². The maximum absolute atomic E-state index is 14.1. The summed E-state index contributed by atoms with van der Waals surface area (Å²) >= 11 is 1.54. The lowest BCUT2D eigenvalue weighted by atomic mass is 10.1. The van der Waals surface area contributed by atoms with Gasteiger partial charge in [0.2, 0.25) is 0 Å². The highest BCUT2D eigenvalue weighted by Gasteiger charge is 2.27. The van der Waals surface area contributed by atoms with Crippen molar-refractivity contribution in [3.63, 3.8) is 0 Å². The lowest BCUT2D eigenvalue weighted by Gasteiger charge is -2.22. The van der Waals surface area contributed by atoms with Gasteiger partial charge in [-0.15, -0.1) is 0 Å². The van der Waals surface area contributed by atoms with E-state index >= 15 is 0 Å². The molecule has 0 aliphatic carbocycles. The van der Waals surface area contributed by atoms with Crippen LogP contribution in [0.5, 0.6) is 11.5 Å². The molecular formula is C20H21F2NO3S. The SMILES string of the molecule is COc1cccc(C(=O)N2CCSC(c3cc(F)ccc3F)CC2)c1OC. The first kappa shape index (κ1) is 19.5.